The largest absolute Gasteiger partial charge is 0.473 e. The van der Waals surface area contributed by atoms with Crippen molar-refractivity contribution < 1.29 is 29.7 Å². The summed E-state index contributed by atoms with van der Waals surface area (Å²) in [4.78, 5) is 36.2. The molecule has 8 heteroatoms. The fourth-order valence-corrected chi connectivity index (χ4v) is 6.75. The molecule has 4 bridgehead atoms. The molecule has 1 heterocycles. The molecule has 0 aromatic heterocycles. The highest BCUT2D eigenvalue weighted by atomic mass is 16.4. The number of carbonyl (C=O) groups excluding carboxylic acids is 1. The number of aliphatic carboxylic acids is 2. The molecule has 5 fully saturated rings. The number of hydrogen-bond acceptors (Lipinski definition) is 5. The standard InChI is InChI=1S/C22H30N2O2.C2H2O4/c25-20(21-11-18-10-19(12-21)14-22(26,13-18)16-21)24-8-6-23(7-9-24)15-17-4-2-1-3-5-17;3-1(4)2(5)6/h1-5,18-19,26H,6-16H2;(H,3,4)(H,5,6). The summed E-state index contributed by atoms with van der Waals surface area (Å²) in [5.41, 5.74) is 0.547. The van der Waals surface area contributed by atoms with E-state index < -0.39 is 17.5 Å². The van der Waals surface area contributed by atoms with Crippen LogP contribution in [0.4, 0.5) is 0 Å². The number of amides is 1. The summed E-state index contributed by atoms with van der Waals surface area (Å²) in [5, 5.41) is 25.7. The molecular formula is C24H32N2O6. The Morgan fingerprint density at radius 1 is 0.875 bits per heavy atom. The molecule has 4 aliphatic carbocycles. The van der Waals surface area contributed by atoms with E-state index in [0.717, 1.165) is 64.8 Å². The van der Waals surface area contributed by atoms with Crippen molar-refractivity contribution in [2.24, 2.45) is 17.3 Å². The lowest BCUT2D eigenvalue weighted by Crippen LogP contribution is -2.62. The van der Waals surface area contributed by atoms with E-state index in [4.69, 9.17) is 19.8 Å². The third-order valence-electron chi connectivity index (χ3n) is 7.58. The lowest BCUT2D eigenvalue weighted by Gasteiger charge is -2.60. The van der Waals surface area contributed by atoms with Gasteiger partial charge in [-0.2, -0.15) is 0 Å². The molecule has 3 N–H and O–H groups in total. The lowest BCUT2D eigenvalue weighted by molar-refractivity contribution is -0.187. The quantitative estimate of drug-likeness (QED) is 0.609. The summed E-state index contributed by atoms with van der Waals surface area (Å²) in [5.74, 6) is -2.15. The zero-order chi connectivity index (χ0) is 22.9. The Morgan fingerprint density at radius 2 is 1.44 bits per heavy atom. The third kappa shape index (κ3) is 4.81. The number of piperazine rings is 1. The number of nitrogens with zero attached hydrogens (tertiary/aromatic N) is 2. The monoisotopic (exact) mass is 444 g/mol. The van der Waals surface area contributed by atoms with E-state index in [-0.39, 0.29) is 5.41 Å². The van der Waals surface area contributed by atoms with Crippen LogP contribution < -0.4 is 0 Å². The van der Waals surface area contributed by atoms with E-state index >= 15 is 0 Å². The molecule has 0 spiro atoms. The van der Waals surface area contributed by atoms with Crippen molar-refractivity contribution in [2.45, 2.75) is 50.7 Å². The van der Waals surface area contributed by atoms with Gasteiger partial charge in [0.15, 0.2) is 0 Å². The van der Waals surface area contributed by atoms with Gasteiger partial charge in [0.1, 0.15) is 0 Å². The molecule has 1 aromatic carbocycles. The number of hydrogen-bond donors (Lipinski definition) is 3. The smallest absolute Gasteiger partial charge is 0.414 e. The fourth-order valence-electron chi connectivity index (χ4n) is 6.75. The molecule has 5 aliphatic rings. The summed E-state index contributed by atoms with van der Waals surface area (Å²) in [6.07, 6.45) is 5.87. The first-order valence-electron chi connectivity index (χ1n) is 11.4. The molecule has 2 atom stereocenters. The van der Waals surface area contributed by atoms with Gasteiger partial charge in [-0.3, -0.25) is 9.69 Å². The van der Waals surface area contributed by atoms with Crippen LogP contribution in [0.3, 0.4) is 0 Å². The first kappa shape index (κ1) is 22.7. The summed E-state index contributed by atoms with van der Waals surface area (Å²) in [6.45, 7) is 4.54. The average molecular weight is 445 g/mol. The zero-order valence-corrected chi connectivity index (χ0v) is 18.3. The van der Waals surface area contributed by atoms with E-state index in [2.05, 4.69) is 40.1 Å². The predicted octanol–water partition coefficient (Wildman–Crippen LogP) is 1.82. The van der Waals surface area contributed by atoms with E-state index in [1.807, 2.05) is 0 Å². The second-order valence-corrected chi connectivity index (χ2v) is 10.1. The molecular weight excluding hydrogens is 412 g/mol. The third-order valence-corrected chi connectivity index (χ3v) is 7.58. The Hall–Kier alpha value is -2.45. The minimum absolute atomic E-state index is 0.250. The number of carboxylic acids is 2. The fraction of sp³-hybridized carbons (Fsp3) is 0.625. The number of rotatable bonds is 3. The van der Waals surface area contributed by atoms with Crippen LogP contribution >= 0.6 is 0 Å². The summed E-state index contributed by atoms with van der Waals surface area (Å²) >= 11 is 0. The van der Waals surface area contributed by atoms with E-state index in [0.29, 0.717) is 17.7 Å². The second-order valence-electron chi connectivity index (χ2n) is 10.1. The van der Waals surface area contributed by atoms with Crippen LogP contribution in [0.25, 0.3) is 0 Å². The van der Waals surface area contributed by atoms with Crippen LogP contribution in [0.2, 0.25) is 0 Å². The number of carbonyl (C=O) groups is 3. The molecule has 1 aliphatic heterocycles. The maximum Gasteiger partial charge on any atom is 0.414 e. The van der Waals surface area contributed by atoms with Crippen LogP contribution in [0.1, 0.15) is 44.1 Å². The Kier molecular flexibility index (Phi) is 6.27. The Labute approximate surface area is 187 Å². The molecule has 32 heavy (non-hydrogen) atoms. The molecule has 6 rings (SSSR count). The van der Waals surface area contributed by atoms with Gasteiger partial charge >= 0.3 is 11.9 Å². The molecule has 1 amide bonds. The number of benzene rings is 1. The Balaban J connectivity index is 0.000000363. The zero-order valence-electron chi connectivity index (χ0n) is 18.3. The number of carboxylic acid groups (broad SMARTS) is 2. The van der Waals surface area contributed by atoms with Gasteiger partial charge in [-0.25, -0.2) is 9.59 Å². The molecule has 174 valence electrons. The van der Waals surface area contributed by atoms with E-state index in [1.54, 1.807) is 0 Å². The molecule has 0 radical (unpaired) electrons. The minimum Gasteiger partial charge on any atom is -0.473 e. The molecule has 1 aromatic rings. The van der Waals surface area contributed by atoms with Crippen LogP contribution in [-0.2, 0) is 20.9 Å². The normalized spacial score (nSPS) is 33.3. The van der Waals surface area contributed by atoms with Crippen molar-refractivity contribution in [2.75, 3.05) is 26.2 Å². The maximum absolute atomic E-state index is 13.5. The first-order chi connectivity index (χ1) is 15.2. The van der Waals surface area contributed by atoms with Gasteiger partial charge in [0.2, 0.25) is 5.91 Å². The lowest BCUT2D eigenvalue weighted by atomic mass is 9.47. The Morgan fingerprint density at radius 3 is 1.94 bits per heavy atom. The van der Waals surface area contributed by atoms with E-state index in [9.17, 15) is 9.90 Å². The molecule has 4 saturated carbocycles. The summed E-state index contributed by atoms with van der Waals surface area (Å²) < 4.78 is 0. The average Bonchev–Trinajstić information content (AvgIpc) is 2.73. The van der Waals surface area contributed by atoms with Gasteiger partial charge in [0.05, 0.1) is 11.0 Å². The first-order valence-corrected chi connectivity index (χ1v) is 11.4. The van der Waals surface area contributed by atoms with Crippen LogP contribution in [0, 0.1) is 17.3 Å². The number of aliphatic hydroxyl groups is 1. The molecule has 8 nitrogen and oxygen atoms in total. The van der Waals surface area contributed by atoms with Crippen molar-refractivity contribution in [3.8, 4) is 0 Å². The van der Waals surface area contributed by atoms with Gasteiger partial charge in [0, 0.05) is 32.7 Å². The van der Waals surface area contributed by atoms with Crippen LogP contribution in [0.15, 0.2) is 30.3 Å². The second kappa shape index (κ2) is 8.83. The van der Waals surface area contributed by atoms with Gasteiger partial charge in [0.25, 0.3) is 0 Å². The van der Waals surface area contributed by atoms with Crippen molar-refractivity contribution in [1.29, 1.82) is 0 Å². The van der Waals surface area contributed by atoms with Gasteiger partial charge in [-0.15, -0.1) is 0 Å². The van der Waals surface area contributed by atoms with Gasteiger partial charge in [-0.05, 0) is 55.9 Å². The maximum atomic E-state index is 13.5. The van der Waals surface area contributed by atoms with Crippen molar-refractivity contribution in [3.05, 3.63) is 35.9 Å². The topological polar surface area (TPSA) is 118 Å². The van der Waals surface area contributed by atoms with Crippen molar-refractivity contribution in [1.82, 2.24) is 9.80 Å². The predicted molar refractivity (Wildman–Crippen MR) is 116 cm³/mol. The van der Waals surface area contributed by atoms with Crippen LogP contribution in [0.5, 0.6) is 0 Å². The van der Waals surface area contributed by atoms with Crippen molar-refractivity contribution in [3.63, 3.8) is 0 Å². The van der Waals surface area contributed by atoms with Crippen molar-refractivity contribution >= 4 is 17.8 Å². The molecule has 2 unspecified atom stereocenters. The van der Waals surface area contributed by atoms with Crippen LogP contribution in [-0.4, -0.2) is 74.7 Å². The summed E-state index contributed by atoms with van der Waals surface area (Å²) in [6, 6.07) is 10.6. The highest BCUT2D eigenvalue weighted by molar-refractivity contribution is 6.27. The minimum atomic E-state index is -1.82. The highest BCUT2D eigenvalue weighted by Crippen LogP contribution is 2.62. The highest BCUT2D eigenvalue weighted by Gasteiger charge is 2.60. The molecule has 1 saturated heterocycles. The Bertz CT molecular complexity index is 839. The van der Waals surface area contributed by atoms with E-state index in [1.165, 1.54) is 12.0 Å². The van der Waals surface area contributed by atoms with Gasteiger partial charge < -0.3 is 20.2 Å². The van der Waals surface area contributed by atoms with Gasteiger partial charge in [-0.1, -0.05) is 30.3 Å². The SMILES string of the molecule is O=C(N1CCN(Cc2ccccc2)CC1)C12CC3CC(CC(O)(C3)C1)C2.O=C(O)C(=O)O. The summed E-state index contributed by atoms with van der Waals surface area (Å²) in [7, 11) is 0.